The van der Waals surface area contributed by atoms with E-state index in [4.69, 9.17) is 10.3 Å². The molecule has 0 saturated carbocycles. The van der Waals surface area contributed by atoms with Crippen molar-refractivity contribution in [1.82, 2.24) is 5.16 Å². The highest BCUT2D eigenvalue weighted by Crippen LogP contribution is 2.31. The second-order valence-electron chi connectivity index (χ2n) is 2.78. The molecule has 14 heavy (non-hydrogen) atoms. The molecule has 0 spiro atoms. The number of anilines is 1. The minimum atomic E-state index is 0.188. The molecule has 5 heteroatoms. The third kappa shape index (κ3) is 1.58. The van der Waals surface area contributed by atoms with Gasteiger partial charge in [0.2, 0.25) is 0 Å². The molecule has 3 N–H and O–H groups in total. The van der Waals surface area contributed by atoms with Gasteiger partial charge in [-0.25, -0.2) is 0 Å². The number of phenols is 1. The van der Waals surface area contributed by atoms with Crippen LogP contribution in [0, 0.1) is 0 Å². The quantitative estimate of drug-likeness (QED) is 0.820. The monoisotopic (exact) mass is 254 g/mol. The molecule has 1 aromatic carbocycles. The van der Waals surface area contributed by atoms with Gasteiger partial charge in [0.1, 0.15) is 5.75 Å². The smallest absolute Gasteiger partial charge is 0.170 e. The number of benzene rings is 1. The van der Waals surface area contributed by atoms with Crippen molar-refractivity contribution >= 4 is 21.7 Å². The van der Waals surface area contributed by atoms with Crippen molar-refractivity contribution in [2.45, 2.75) is 0 Å². The highest BCUT2D eigenvalue weighted by Gasteiger charge is 2.08. The van der Waals surface area contributed by atoms with Crippen LogP contribution in [0.15, 0.2) is 33.3 Å². The predicted molar refractivity (Wildman–Crippen MR) is 55.7 cm³/mol. The van der Waals surface area contributed by atoms with E-state index in [1.807, 2.05) is 0 Å². The van der Waals surface area contributed by atoms with Gasteiger partial charge < -0.3 is 15.4 Å². The first-order chi connectivity index (χ1) is 6.66. The van der Waals surface area contributed by atoms with E-state index in [-0.39, 0.29) is 5.75 Å². The molecule has 72 valence electrons. The van der Waals surface area contributed by atoms with Crippen molar-refractivity contribution < 1.29 is 9.63 Å². The van der Waals surface area contributed by atoms with Gasteiger partial charge in [-0.3, -0.25) is 0 Å². The van der Waals surface area contributed by atoms with Crippen LogP contribution >= 0.6 is 15.9 Å². The molecule has 0 unspecified atom stereocenters. The summed E-state index contributed by atoms with van der Waals surface area (Å²) < 4.78 is 5.71. The predicted octanol–water partition coefficient (Wildman–Crippen LogP) is 2.39. The molecule has 0 amide bonds. The summed E-state index contributed by atoms with van der Waals surface area (Å²) in [5.74, 6) is 1.09. The van der Waals surface area contributed by atoms with E-state index >= 15 is 0 Å². The summed E-state index contributed by atoms with van der Waals surface area (Å²) in [6.45, 7) is 0. The van der Waals surface area contributed by atoms with Crippen LogP contribution in [0.5, 0.6) is 5.75 Å². The third-order valence-electron chi connectivity index (χ3n) is 1.75. The Morgan fingerprint density at radius 3 is 2.71 bits per heavy atom. The number of nitrogen functional groups attached to an aromatic ring is 1. The maximum Gasteiger partial charge on any atom is 0.170 e. The number of hydrogen-bond acceptors (Lipinski definition) is 4. The van der Waals surface area contributed by atoms with Gasteiger partial charge in [0, 0.05) is 16.1 Å². The van der Waals surface area contributed by atoms with Crippen LogP contribution in [0.4, 0.5) is 5.82 Å². The summed E-state index contributed by atoms with van der Waals surface area (Å²) >= 11 is 3.30. The number of aromatic hydroxyl groups is 1. The largest absolute Gasteiger partial charge is 0.508 e. The number of phenolic OH excluding ortho intramolecular Hbond substituents is 1. The van der Waals surface area contributed by atoms with E-state index in [2.05, 4.69) is 21.1 Å². The second-order valence-corrected chi connectivity index (χ2v) is 3.63. The molecule has 0 radical (unpaired) electrons. The summed E-state index contributed by atoms with van der Waals surface area (Å²) in [6.07, 6.45) is 0. The summed E-state index contributed by atoms with van der Waals surface area (Å²) in [6, 6.07) is 6.49. The number of nitrogens with two attached hydrogens (primary N) is 1. The van der Waals surface area contributed by atoms with Crippen LogP contribution in [-0.4, -0.2) is 10.3 Å². The van der Waals surface area contributed by atoms with Crippen molar-refractivity contribution in [3.8, 4) is 17.1 Å². The fraction of sp³-hybridized carbons (Fsp3) is 0. The normalized spacial score (nSPS) is 10.4. The Bertz CT molecular complexity index is 468. The van der Waals surface area contributed by atoms with Crippen LogP contribution in [0.25, 0.3) is 11.3 Å². The number of aromatic nitrogens is 1. The molecule has 1 aromatic heterocycles. The van der Waals surface area contributed by atoms with Crippen LogP contribution in [0.1, 0.15) is 0 Å². The van der Waals surface area contributed by atoms with Gasteiger partial charge in [0.15, 0.2) is 11.6 Å². The minimum Gasteiger partial charge on any atom is -0.508 e. The number of hydrogen-bond donors (Lipinski definition) is 2. The zero-order valence-electron chi connectivity index (χ0n) is 7.07. The molecule has 4 nitrogen and oxygen atoms in total. The van der Waals surface area contributed by atoms with Gasteiger partial charge in [0.05, 0.1) is 0 Å². The molecular formula is C9H7BrN2O2. The van der Waals surface area contributed by atoms with Gasteiger partial charge in [-0.05, 0) is 34.1 Å². The lowest BCUT2D eigenvalue weighted by molar-refractivity contribution is 0.435. The zero-order valence-corrected chi connectivity index (χ0v) is 8.65. The van der Waals surface area contributed by atoms with Gasteiger partial charge >= 0.3 is 0 Å². The Balaban J connectivity index is 2.52. The molecule has 2 aromatic rings. The molecule has 0 fully saturated rings. The van der Waals surface area contributed by atoms with Crippen LogP contribution in [-0.2, 0) is 0 Å². The SMILES string of the molecule is Nc1cc(-c2ccc(O)cc2Br)on1. The highest BCUT2D eigenvalue weighted by atomic mass is 79.9. The Kier molecular flexibility index (Phi) is 2.17. The fourth-order valence-electron chi connectivity index (χ4n) is 1.12. The fourth-order valence-corrected chi connectivity index (χ4v) is 1.68. The van der Waals surface area contributed by atoms with E-state index in [1.54, 1.807) is 24.3 Å². The molecule has 0 atom stereocenters. The Hall–Kier alpha value is -1.49. The van der Waals surface area contributed by atoms with Crippen LogP contribution < -0.4 is 5.73 Å². The molecule has 0 aliphatic rings. The van der Waals surface area contributed by atoms with E-state index in [1.165, 1.54) is 0 Å². The van der Waals surface area contributed by atoms with E-state index in [9.17, 15) is 5.11 Å². The maximum absolute atomic E-state index is 9.19. The first-order valence-electron chi connectivity index (χ1n) is 3.88. The van der Waals surface area contributed by atoms with Gasteiger partial charge in [-0.2, -0.15) is 0 Å². The summed E-state index contributed by atoms with van der Waals surface area (Å²) in [5.41, 5.74) is 6.22. The van der Waals surface area contributed by atoms with Crippen molar-refractivity contribution in [2.75, 3.05) is 5.73 Å². The standard InChI is InChI=1S/C9H7BrN2O2/c10-7-3-5(13)1-2-6(7)8-4-9(11)12-14-8/h1-4,13H,(H2,11,12). The third-order valence-corrected chi connectivity index (χ3v) is 2.40. The Labute approximate surface area is 88.5 Å². The molecule has 0 aliphatic carbocycles. The maximum atomic E-state index is 9.19. The lowest BCUT2D eigenvalue weighted by Crippen LogP contribution is -1.80. The average Bonchev–Trinajstić information content (AvgIpc) is 2.51. The number of rotatable bonds is 1. The minimum absolute atomic E-state index is 0.188. The van der Waals surface area contributed by atoms with Crippen molar-refractivity contribution in [2.24, 2.45) is 0 Å². The number of nitrogens with zero attached hydrogens (tertiary/aromatic N) is 1. The van der Waals surface area contributed by atoms with E-state index < -0.39 is 0 Å². The first kappa shape index (κ1) is 9.08. The highest BCUT2D eigenvalue weighted by molar-refractivity contribution is 9.10. The summed E-state index contributed by atoms with van der Waals surface area (Å²) in [5, 5.41) is 12.8. The van der Waals surface area contributed by atoms with Gasteiger partial charge in [-0.1, -0.05) is 5.16 Å². The molecule has 0 aliphatic heterocycles. The van der Waals surface area contributed by atoms with E-state index in [0.717, 1.165) is 10.0 Å². The van der Waals surface area contributed by atoms with Gasteiger partial charge in [0.25, 0.3) is 0 Å². The molecular weight excluding hydrogens is 248 g/mol. The van der Waals surface area contributed by atoms with Gasteiger partial charge in [-0.15, -0.1) is 0 Å². The molecule has 1 heterocycles. The van der Waals surface area contributed by atoms with Crippen LogP contribution in [0.2, 0.25) is 0 Å². The lowest BCUT2D eigenvalue weighted by Gasteiger charge is -1.99. The Morgan fingerprint density at radius 1 is 1.36 bits per heavy atom. The zero-order chi connectivity index (χ0) is 10.1. The number of halogens is 1. The molecule has 2 rings (SSSR count). The van der Waals surface area contributed by atoms with Crippen LogP contribution in [0.3, 0.4) is 0 Å². The molecule has 0 saturated heterocycles. The topological polar surface area (TPSA) is 72.3 Å². The second kappa shape index (κ2) is 3.34. The molecule has 0 bridgehead atoms. The van der Waals surface area contributed by atoms with Crippen molar-refractivity contribution in [3.63, 3.8) is 0 Å². The summed E-state index contributed by atoms with van der Waals surface area (Å²) in [7, 11) is 0. The van der Waals surface area contributed by atoms with E-state index in [0.29, 0.717) is 11.6 Å². The summed E-state index contributed by atoms with van der Waals surface area (Å²) in [4.78, 5) is 0. The Morgan fingerprint density at radius 2 is 2.14 bits per heavy atom. The first-order valence-corrected chi connectivity index (χ1v) is 4.67. The van der Waals surface area contributed by atoms with Crippen molar-refractivity contribution in [1.29, 1.82) is 0 Å². The lowest BCUT2D eigenvalue weighted by atomic mass is 10.2. The van der Waals surface area contributed by atoms with Crippen molar-refractivity contribution in [3.05, 3.63) is 28.7 Å². The average molecular weight is 255 g/mol.